The van der Waals surface area contributed by atoms with Gasteiger partial charge in [0.2, 0.25) is 0 Å². The normalized spacial score (nSPS) is 11.0. The topological polar surface area (TPSA) is 74.4 Å². The fourth-order valence-corrected chi connectivity index (χ4v) is 1.97. The summed E-state index contributed by atoms with van der Waals surface area (Å²) in [4.78, 5) is 0. The predicted octanol–water partition coefficient (Wildman–Crippen LogP) is 4.27. The number of rotatable bonds is 4. The van der Waals surface area contributed by atoms with Crippen LogP contribution in [0.25, 0.3) is 0 Å². The van der Waals surface area contributed by atoms with Crippen molar-refractivity contribution < 1.29 is 14.9 Å². The lowest BCUT2D eigenvalue weighted by molar-refractivity contribution is 0.272. The van der Waals surface area contributed by atoms with Crippen molar-refractivity contribution in [2.45, 2.75) is 13.5 Å². The number of hydrogen-bond donors (Lipinski definition) is 2. The number of hydrogen-bond acceptors (Lipinski definition) is 5. The molecular formula is C15H15ClN2O3. The van der Waals surface area contributed by atoms with Gasteiger partial charge in [0.05, 0.1) is 25.1 Å². The minimum atomic E-state index is -0.318. The molecule has 0 unspecified atom stereocenters. The van der Waals surface area contributed by atoms with Gasteiger partial charge >= 0.3 is 0 Å². The Bertz CT molecular complexity index is 662. The van der Waals surface area contributed by atoms with Gasteiger partial charge < -0.3 is 14.9 Å². The maximum Gasteiger partial charge on any atom is 0.163 e. The van der Waals surface area contributed by atoms with Crippen molar-refractivity contribution in [1.82, 2.24) is 0 Å². The first-order chi connectivity index (χ1) is 10.1. The molecule has 2 N–H and O–H groups in total. The van der Waals surface area contributed by atoms with Gasteiger partial charge in [0.25, 0.3) is 0 Å². The molecular weight excluding hydrogens is 292 g/mol. The van der Waals surface area contributed by atoms with Gasteiger partial charge in [-0.25, -0.2) is 0 Å². The molecule has 0 spiro atoms. The number of phenols is 1. The number of nitrogens with zero attached hydrogens (tertiary/aromatic N) is 2. The zero-order valence-electron chi connectivity index (χ0n) is 11.7. The summed E-state index contributed by atoms with van der Waals surface area (Å²) in [6.45, 7) is 1.54. The highest BCUT2D eigenvalue weighted by atomic mass is 35.5. The molecule has 2 rings (SSSR count). The second-order valence-corrected chi connectivity index (χ2v) is 4.81. The van der Waals surface area contributed by atoms with Crippen molar-refractivity contribution >= 4 is 23.0 Å². The van der Waals surface area contributed by atoms with E-state index < -0.39 is 0 Å². The summed E-state index contributed by atoms with van der Waals surface area (Å²) in [5.41, 5.74) is 2.27. The zero-order chi connectivity index (χ0) is 15.4. The molecule has 0 atom stereocenters. The Morgan fingerprint density at radius 3 is 2.67 bits per heavy atom. The Labute approximate surface area is 127 Å². The molecule has 0 aliphatic rings. The SMILES string of the molecule is COc1cc(N=Nc2cccc(Cl)c2C)cc(CO)c1O. The van der Waals surface area contributed by atoms with E-state index in [1.54, 1.807) is 24.3 Å². The first-order valence-corrected chi connectivity index (χ1v) is 6.62. The molecule has 0 aliphatic heterocycles. The zero-order valence-corrected chi connectivity index (χ0v) is 12.4. The van der Waals surface area contributed by atoms with Crippen molar-refractivity contribution in [1.29, 1.82) is 0 Å². The van der Waals surface area contributed by atoms with Crippen molar-refractivity contribution in [3.05, 3.63) is 46.5 Å². The molecule has 0 radical (unpaired) electrons. The summed E-state index contributed by atoms with van der Waals surface area (Å²) in [7, 11) is 1.43. The minimum absolute atomic E-state index is 0.0992. The van der Waals surface area contributed by atoms with E-state index in [0.29, 0.717) is 22.0 Å². The molecule has 0 aromatic heterocycles. The standard InChI is InChI=1S/C15H15ClN2O3/c1-9-12(16)4-3-5-13(9)18-17-11-6-10(8-19)15(20)14(7-11)21-2/h3-7,19-20H,8H2,1-2H3. The van der Waals surface area contributed by atoms with Gasteiger partial charge in [0.1, 0.15) is 0 Å². The summed E-state index contributed by atoms with van der Waals surface area (Å²) in [6, 6.07) is 8.46. The van der Waals surface area contributed by atoms with Gasteiger partial charge in [-0.05, 0) is 30.7 Å². The highest BCUT2D eigenvalue weighted by molar-refractivity contribution is 6.31. The van der Waals surface area contributed by atoms with Crippen molar-refractivity contribution in [2.24, 2.45) is 10.2 Å². The van der Waals surface area contributed by atoms with Crippen LogP contribution in [-0.2, 0) is 6.61 Å². The molecule has 5 nitrogen and oxygen atoms in total. The molecule has 2 aromatic carbocycles. The van der Waals surface area contributed by atoms with Gasteiger partial charge in [-0.15, -0.1) is 0 Å². The molecule has 0 saturated carbocycles. The highest BCUT2D eigenvalue weighted by Gasteiger charge is 2.10. The van der Waals surface area contributed by atoms with Crippen molar-refractivity contribution in [3.8, 4) is 11.5 Å². The number of halogens is 1. The van der Waals surface area contributed by atoms with Gasteiger partial charge in [-0.2, -0.15) is 10.2 Å². The number of aliphatic hydroxyl groups excluding tert-OH is 1. The summed E-state index contributed by atoms with van der Waals surface area (Å²) in [6.07, 6.45) is 0. The van der Waals surface area contributed by atoms with E-state index in [1.165, 1.54) is 13.2 Å². The third-order valence-corrected chi connectivity index (χ3v) is 3.45. The third-order valence-electron chi connectivity index (χ3n) is 3.04. The first kappa shape index (κ1) is 15.3. The van der Waals surface area contributed by atoms with Crippen LogP contribution in [0.2, 0.25) is 5.02 Å². The molecule has 110 valence electrons. The molecule has 0 heterocycles. The van der Waals surface area contributed by atoms with Crippen LogP contribution >= 0.6 is 11.6 Å². The van der Waals surface area contributed by atoms with Gasteiger partial charge in [-0.3, -0.25) is 0 Å². The maximum absolute atomic E-state index is 9.80. The van der Waals surface area contributed by atoms with Gasteiger partial charge in [-0.1, -0.05) is 17.7 Å². The first-order valence-electron chi connectivity index (χ1n) is 6.24. The maximum atomic E-state index is 9.80. The largest absolute Gasteiger partial charge is 0.504 e. The lowest BCUT2D eigenvalue weighted by Gasteiger charge is -2.08. The Morgan fingerprint density at radius 2 is 2.00 bits per heavy atom. The van der Waals surface area contributed by atoms with Crippen LogP contribution in [0.15, 0.2) is 40.6 Å². The van der Waals surface area contributed by atoms with Crippen LogP contribution in [0.1, 0.15) is 11.1 Å². The molecule has 2 aromatic rings. The Morgan fingerprint density at radius 1 is 1.24 bits per heavy atom. The van der Waals surface area contributed by atoms with Crippen LogP contribution in [0.4, 0.5) is 11.4 Å². The molecule has 0 bridgehead atoms. The van der Waals surface area contributed by atoms with Crippen LogP contribution in [-0.4, -0.2) is 17.3 Å². The van der Waals surface area contributed by atoms with E-state index in [9.17, 15) is 10.2 Å². The average molecular weight is 307 g/mol. The fraction of sp³-hybridized carbons (Fsp3) is 0.200. The number of azo groups is 1. The smallest absolute Gasteiger partial charge is 0.163 e. The van der Waals surface area contributed by atoms with E-state index in [0.717, 1.165) is 5.56 Å². The Hall–Kier alpha value is -2.11. The van der Waals surface area contributed by atoms with E-state index in [4.69, 9.17) is 16.3 Å². The third kappa shape index (κ3) is 3.32. The monoisotopic (exact) mass is 306 g/mol. The summed E-state index contributed by atoms with van der Waals surface area (Å²) >= 11 is 6.02. The molecule has 21 heavy (non-hydrogen) atoms. The molecule has 6 heteroatoms. The van der Waals surface area contributed by atoms with Crippen LogP contribution < -0.4 is 4.74 Å². The number of aliphatic hydroxyl groups is 1. The Kier molecular flexibility index (Phi) is 4.77. The molecule has 0 amide bonds. The number of benzene rings is 2. The molecule has 0 aliphatic carbocycles. The number of methoxy groups -OCH3 is 1. The van der Waals surface area contributed by atoms with E-state index in [1.807, 2.05) is 6.92 Å². The summed E-state index contributed by atoms with van der Waals surface area (Å²) < 4.78 is 5.04. The lowest BCUT2D eigenvalue weighted by atomic mass is 10.1. The second-order valence-electron chi connectivity index (χ2n) is 4.40. The second kappa shape index (κ2) is 6.56. The fourth-order valence-electron chi connectivity index (χ4n) is 1.80. The Balaban J connectivity index is 2.39. The predicted molar refractivity (Wildman–Crippen MR) is 80.9 cm³/mol. The lowest BCUT2D eigenvalue weighted by Crippen LogP contribution is -1.89. The van der Waals surface area contributed by atoms with E-state index in [-0.39, 0.29) is 18.1 Å². The quantitative estimate of drug-likeness (QED) is 0.828. The summed E-state index contributed by atoms with van der Waals surface area (Å²) in [5, 5.41) is 27.9. The van der Waals surface area contributed by atoms with E-state index >= 15 is 0 Å². The van der Waals surface area contributed by atoms with Crippen molar-refractivity contribution in [2.75, 3.05) is 7.11 Å². The number of ether oxygens (including phenoxy) is 1. The van der Waals surface area contributed by atoms with Crippen LogP contribution in [0.5, 0.6) is 11.5 Å². The average Bonchev–Trinajstić information content (AvgIpc) is 2.49. The van der Waals surface area contributed by atoms with Gasteiger partial charge in [0.15, 0.2) is 11.5 Å². The van der Waals surface area contributed by atoms with Gasteiger partial charge in [0, 0.05) is 16.7 Å². The summed E-state index contributed by atoms with van der Waals surface area (Å²) in [5.74, 6) is 0.135. The molecule has 0 saturated heterocycles. The van der Waals surface area contributed by atoms with Crippen LogP contribution in [0.3, 0.4) is 0 Å². The van der Waals surface area contributed by atoms with E-state index in [2.05, 4.69) is 10.2 Å². The molecule has 0 fully saturated rings. The van der Waals surface area contributed by atoms with Crippen molar-refractivity contribution in [3.63, 3.8) is 0 Å². The highest BCUT2D eigenvalue weighted by Crippen LogP contribution is 2.35. The van der Waals surface area contributed by atoms with Crippen LogP contribution in [0, 0.1) is 6.92 Å². The number of aromatic hydroxyl groups is 1. The minimum Gasteiger partial charge on any atom is -0.504 e.